The maximum atomic E-state index is 6.56. The summed E-state index contributed by atoms with van der Waals surface area (Å²) >= 11 is 0. The predicted octanol–water partition coefficient (Wildman–Crippen LogP) is 3.57. The molecule has 0 bridgehead atoms. The molecule has 1 aliphatic rings. The van der Waals surface area contributed by atoms with Crippen molar-refractivity contribution in [3.05, 3.63) is 77.6 Å². The average Bonchev–Trinajstić information content (AvgIpc) is 2.48. The highest BCUT2D eigenvalue weighted by Gasteiger charge is 2.31. The Hall–Kier alpha value is -2.19. The van der Waals surface area contributed by atoms with E-state index in [-0.39, 0.29) is 6.04 Å². The molecule has 1 aromatic heterocycles. The highest BCUT2D eigenvalue weighted by atomic mass is 14.7. The molecule has 0 fully saturated rings. The number of benzene rings is 2. The number of nitrogens with zero attached hydrogens (tertiary/aromatic N) is 1. The third-order valence-corrected chi connectivity index (χ3v) is 4.40. The molecule has 1 aliphatic carbocycles. The minimum Gasteiger partial charge on any atom is -0.323 e. The molecule has 3 aromatic rings. The molecule has 0 saturated heterocycles. The van der Waals surface area contributed by atoms with Gasteiger partial charge in [-0.25, -0.2) is 0 Å². The first kappa shape index (κ1) is 11.6. The molecule has 2 heteroatoms. The fraction of sp³-hybridized carbons (Fsp3) is 0.167. The van der Waals surface area contributed by atoms with E-state index in [0.717, 1.165) is 11.8 Å². The Kier molecular flexibility index (Phi) is 2.57. The van der Waals surface area contributed by atoms with Crippen LogP contribution in [0.1, 0.15) is 28.7 Å². The molecular formula is C18H16N2. The van der Waals surface area contributed by atoms with Gasteiger partial charge in [0.25, 0.3) is 0 Å². The molecule has 20 heavy (non-hydrogen) atoms. The average molecular weight is 260 g/mol. The lowest BCUT2D eigenvalue weighted by Gasteiger charge is -2.35. The number of hydrogen-bond acceptors (Lipinski definition) is 2. The number of aromatic nitrogens is 1. The number of rotatable bonds is 2. The summed E-state index contributed by atoms with van der Waals surface area (Å²) in [6.45, 7) is 0. The van der Waals surface area contributed by atoms with Crippen LogP contribution in [0, 0.1) is 0 Å². The van der Waals surface area contributed by atoms with E-state index in [0.29, 0.717) is 5.92 Å². The normalized spacial score (nSPS) is 18.4. The van der Waals surface area contributed by atoms with Gasteiger partial charge in [0.2, 0.25) is 0 Å². The summed E-state index contributed by atoms with van der Waals surface area (Å²) in [5, 5.41) is 2.38. The van der Waals surface area contributed by atoms with Gasteiger partial charge in [0, 0.05) is 29.7 Å². The molecule has 4 rings (SSSR count). The van der Waals surface area contributed by atoms with Crippen LogP contribution in [0.3, 0.4) is 0 Å². The second-order valence-electron chi connectivity index (χ2n) is 5.48. The number of nitrogens with two attached hydrogens (primary N) is 1. The Morgan fingerprint density at radius 3 is 2.85 bits per heavy atom. The van der Waals surface area contributed by atoms with Gasteiger partial charge in [0.1, 0.15) is 0 Å². The second-order valence-corrected chi connectivity index (χ2v) is 5.48. The van der Waals surface area contributed by atoms with Gasteiger partial charge in [-0.3, -0.25) is 4.98 Å². The van der Waals surface area contributed by atoms with Crippen LogP contribution in [0.25, 0.3) is 10.8 Å². The van der Waals surface area contributed by atoms with Crippen LogP contribution in [0.2, 0.25) is 0 Å². The first-order valence-electron chi connectivity index (χ1n) is 7.00. The molecule has 0 amide bonds. The smallest absolute Gasteiger partial charge is 0.0374 e. The summed E-state index contributed by atoms with van der Waals surface area (Å²) in [4.78, 5) is 4.19. The van der Waals surface area contributed by atoms with Crippen LogP contribution in [0.15, 0.2) is 60.9 Å². The Morgan fingerprint density at radius 2 is 1.95 bits per heavy atom. The molecule has 2 nitrogen and oxygen atoms in total. The molecule has 2 unspecified atom stereocenters. The summed E-state index contributed by atoms with van der Waals surface area (Å²) < 4.78 is 0. The second kappa shape index (κ2) is 4.43. The number of hydrogen-bond donors (Lipinski definition) is 1. The van der Waals surface area contributed by atoms with Crippen molar-refractivity contribution in [1.29, 1.82) is 0 Å². The van der Waals surface area contributed by atoms with Crippen molar-refractivity contribution in [3.8, 4) is 0 Å². The van der Waals surface area contributed by atoms with E-state index < -0.39 is 0 Å². The molecule has 2 atom stereocenters. The monoisotopic (exact) mass is 260 g/mol. The van der Waals surface area contributed by atoms with Gasteiger partial charge >= 0.3 is 0 Å². The molecule has 0 aliphatic heterocycles. The highest BCUT2D eigenvalue weighted by Crippen LogP contribution is 2.43. The van der Waals surface area contributed by atoms with Gasteiger partial charge in [0.05, 0.1) is 0 Å². The van der Waals surface area contributed by atoms with Gasteiger partial charge < -0.3 is 5.73 Å². The van der Waals surface area contributed by atoms with Crippen molar-refractivity contribution in [2.45, 2.75) is 18.4 Å². The van der Waals surface area contributed by atoms with Crippen LogP contribution < -0.4 is 5.73 Å². The Morgan fingerprint density at radius 1 is 1.05 bits per heavy atom. The van der Waals surface area contributed by atoms with E-state index >= 15 is 0 Å². The first-order chi connectivity index (χ1) is 9.84. The van der Waals surface area contributed by atoms with Gasteiger partial charge in [-0.15, -0.1) is 0 Å². The summed E-state index contributed by atoms with van der Waals surface area (Å²) in [7, 11) is 0. The number of pyridine rings is 1. The lowest BCUT2D eigenvalue weighted by Crippen LogP contribution is -2.29. The van der Waals surface area contributed by atoms with Gasteiger partial charge in [0.15, 0.2) is 0 Å². The topological polar surface area (TPSA) is 38.9 Å². The zero-order valence-corrected chi connectivity index (χ0v) is 11.2. The molecular weight excluding hydrogens is 244 g/mol. The van der Waals surface area contributed by atoms with Crippen molar-refractivity contribution in [2.75, 3.05) is 0 Å². The highest BCUT2D eigenvalue weighted by molar-refractivity contribution is 5.85. The molecule has 1 heterocycles. The summed E-state index contributed by atoms with van der Waals surface area (Å²) in [6, 6.07) is 17.0. The van der Waals surface area contributed by atoms with E-state index in [9.17, 15) is 0 Å². The zero-order chi connectivity index (χ0) is 13.5. The van der Waals surface area contributed by atoms with Crippen LogP contribution in [0.4, 0.5) is 0 Å². The predicted molar refractivity (Wildman–Crippen MR) is 81.6 cm³/mol. The summed E-state index contributed by atoms with van der Waals surface area (Å²) in [6.07, 6.45) is 4.83. The molecule has 0 spiro atoms. The van der Waals surface area contributed by atoms with Crippen LogP contribution in [-0.4, -0.2) is 4.98 Å². The van der Waals surface area contributed by atoms with E-state index in [4.69, 9.17) is 5.73 Å². The van der Waals surface area contributed by atoms with Gasteiger partial charge in [-0.05, 0) is 34.6 Å². The zero-order valence-electron chi connectivity index (χ0n) is 11.2. The minimum absolute atomic E-state index is 0.0519. The Bertz CT molecular complexity index is 774. The lowest BCUT2D eigenvalue weighted by atomic mass is 9.71. The molecule has 0 saturated carbocycles. The fourth-order valence-electron chi connectivity index (χ4n) is 3.27. The van der Waals surface area contributed by atoms with Crippen LogP contribution >= 0.6 is 0 Å². The van der Waals surface area contributed by atoms with Crippen molar-refractivity contribution in [3.63, 3.8) is 0 Å². The van der Waals surface area contributed by atoms with Crippen molar-refractivity contribution < 1.29 is 0 Å². The van der Waals surface area contributed by atoms with Crippen molar-refractivity contribution >= 4 is 10.8 Å². The molecule has 98 valence electrons. The minimum atomic E-state index is 0.0519. The Labute approximate surface area is 118 Å². The molecule has 2 N–H and O–H groups in total. The first-order valence-corrected chi connectivity index (χ1v) is 7.00. The quantitative estimate of drug-likeness (QED) is 0.765. The van der Waals surface area contributed by atoms with E-state index in [1.54, 1.807) is 0 Å². The van der Waals surface area contributed by atoms with Gasteiger partial charge in [-0.2, -0.15) is 0 Å². The third-order valence-electron chi connectivity index (χ3n) is 4.40. The number of fused-ring (bicyclic) bond motifs is 2. The maximum absolute atomic E-state index is 6.56. The van der Waals surface area contributed by atoms with Gasteiger partial charge in [-0.1, -0.05) is 42.5 Å². The summed E-state index contributed by atoms with van der Waals surface area (Å²) in [5.41, 5.74) is 10.6. The summed E-state index contributed by atoms with van der Waals surface area (Å²) in [5.74, 6) is 0.435. The SMILES string of the molecule is NC(c1cccc2cnccc12)C1Cc2ccccc21. The van der Waals surface area contributed by atoms with Crippen LogP contribution in [-0.2, 0) is 6.42 Å². The standard InChI is InChI=1S/C18H16N2/c19-18(17-10-12-4-1-2-6-14(12)17)16-7-3-5-13-11-20-9-8-15(13)16/h1-9,11,17-18H,10,19H2. The third kappa shape index (κ3) is 1.65. The van der Waals surface area contributed by atoms with Crippen LogP contribution in [0.5, 0.6) is 0 Å². The van der Waals surface area contributed by atoms with E-state index in [1.807, 2.05) is 12.4 Å². The maximum Gasteiger partial charge on any atom is 0.0374 e. The molecule has 2 aromatic carbocycles. The van der Waals surface area contributed by atoms with E-state index in [1.165, 1.54) is 22.1 Å². The molecule has 0 radical (unpaired) electrons. The van der Waals surface area contributed by atoms with E-state index in [2.05, 4.69) is 53.5 Å². The van der Waals surface area contributed by atoms with Crippen molar-refractivity contribution in [2.24, 2.45) is 5.73 Å². The lowest BCUT2D eigenvalue weighted by molar-refractivity contribution is 0.502. The largest absolute Gasteiger partial charge is 0.323 e. The Balaban J connectivity index is 1.77. The van der Waals surface area contributed by atoms with Crippen molar-refractivity contribution in [1.82, 2.24) is 4.98 Å². The fourth-order valence-corrected chi connectivity index (χ4v) is 3.27.